The van der Waals surface area contributed by atoms with Crippen molar-refractivity contribution in [1.29, 1.82) is 0 Å². The smallest absolute Gasteiger partial charge is 0.225 e. The number of nitrogens with zero attached hydrogens (tertiary/aromatic N) is 1. The van der Waals surface area contributed by atoms with Gasteiger partial charge in [0.2, 0.25) is 5.88 Å². The van der Waals surface area contributed by atoms with Crippen LogP contribution < -0.4 is 4.74 Å². The Kier molecular flexibility index (Phi) is 2.10. The van der Waals surface area contributed by atoms with E-state index in [-0.39, 0.29) is 0 Å². The largest absolute Gasteiger partial charge is 0.480 e. The van der Waals surface area contributed by atoms with Crippen LogP contribution in [0.5, 0.6) is 5.88 Å². The molecule has 2 nitrogen and oxygen atoms in total. The molecule has 0 fully saturated rings. The Morgan fingerprint density at radius 1 is 1.50 bits per heavy atom. The van der Waals surface area contributed by atoms with E-state index in [0.717, 1.165) is 4.88 Å². The summed E-state index contributed by atoms with van der Waals surface area (Å²) in [6.45, 7) is 0. The first-order valence-corrected chi connectivity index (χ1v) is 5.15. The van der Waals surface area contributed by atoms with E-state index in [9.17, 15) is 0 Å². The molecule has 0 radical (unpaired) electrons. The Morgan fingerprint density at radius 2 is 2.42 bits per heavy atom. The zero-order valence-electron chi connectivity index (χ0n) is 6.48. The summed E-state index contributed by atoms with van der Waals surface area (Å²) in [5.74, 6) is 0.696. The summed E-state index contributed by atoms with van der Waals surface area (Å²) < 4.78 is 9.11. The molecule has 0 aromatic carbocycles. The highest BCUT2D eigenvalue weighted by Crippen LogP contribution is 2.29. The highest BCUT2D eigenvalue weighted by Gasteiger charge is 2.03. The van der Waals surface area contributed by atoms with Crippen molar-refractivity contribution in [2.75, 3.05) is 7.11 Å². The fourth-order valence-corrected chi connectivity index (χ4v) is 2.33. The minimum absolute atomic E-state index is 0.696. The molecule has 2 heterocycles. The second-order valence-corrected chi connectivity index (χ2v) is 3.83. The van der Waals surface area contributed by atoms with Gasteiger partial charge in [-0.15, -0.1) is 0 Å². The number of methoxy groups -OCH3 is 1. The predicted octanol–water partition coefficient (Wildman–Crippen LogP) is 2.88. The molecule has 0 aliphatic rings. The second kappa shape index (κ2) is 3.25. The first kappa shape index (κ1) is 7.76. The van der Waals surface area contributed by atoms with Crippen LogP contribution in [-0.2, 0) is 0 Å². The minimum atomic E-state index is 0.696. The van der Waals surface area contributed by atoms with Gasteiger partial charge in [-0.1, -0.05) is 0 Å². The van der Waals surface area contributed by atoms with Crippen LogP contribution in [0.15, 0.2) is 22.9 Å². The van der Waals surface area contributed by atoms with Crippen molar-refractivity contribution in [2.45, 2.75) is 0 Å². The number of hydrogen-bond acceptors (Lipinski definition) is 4. The fourth-order valence-electron chi connectivity index (χ4n) is 0.896. The second-order valence-electron chi connectivity index (χ2n) is 2.25. The molecule has 0 bridgehead atoms. The predicted molar refractivity (Wildman–Crippen MR) is 52.0 cm³/mol. The molecule has 0 saturated carbocycles. The summed E-state index contributed by atoms with van der Waals surface area (Å²) in [6, 6.07) is 4.03. The van der Waals surface area contributed by atoms with E-state index < -0.39 is 0 Å². The van der Waals surface area contributed by atoms with Crippen LogP contribution in [0.1, 0.15) is 0 Å². The van der Waals surface area contributed by atoms with Crippen molar-refractivity contribution in [3.8, 4) is 16.3 Å². The fraction of sp³-hybridized carbons (Fsp3) is 0.125. The Labute approximate surface area is 78.6 Å². The van der Waals surface area contributed by atoms with Crippen molar-refractivity contribution < 1.29 is 4.74 Å². The molecule has 0 N–H and O–H groups in total. The van der Waals surface area contributed by atoms with E-state index in [0.29, 0.717) is 5.88 Å². The molecular weight excluding hydrogens is 190 g/mol. The van der Waals surface area contributed by atoms with Gasteiger partial charge in [-0.05, 0) is 28.4 Å². The molecule has 2 aromatic heterocycles. The lowest BCUT2D eigenvalue weighted by molar-refractivity contribution is 0.403. The van der Waals surface area contributed by atoms with E-state index in [2.05, 4.69) is 21.2 Å². The van der Waals surface area contributed by atoms with Gasteiger partial charge in [0.05, 0.1) is 12.0 Å². The quantitative estimate of drug-likeness (QED) is 0.738. The topological polar surface area (TPSA) is 22.1 Å². The van der Waals surface area contributed by atoms with Gasteiger partial charge >= 0.3 is 0 Å². The van der Waals surface area contributed by atoms with Crippen molar-refractivity contribution in [3.05, 3.63) is 22.9 Å². The molecule has 0 aliphatic carbocycles. The third-order valence-corrected chi connectivity index (χ3v) is 3.01. The van der Waals surface area contributed by atoms with Gasteiger partial charge < -0.3 is 4.74 Å². The van der Waals surface area contributed by atoms with Gasteiger partial charge in [-0.3, -0.25) is 0 Å². The third-order valence-electron chi connectivity index (χ3n) is 1.50. The average Bonchev–Trinajstić information content (AvgIpc) is 2.75. The molecule has 0 amide bonds. The number of rotatable bonds is 2. The number of hydrogen-bond donors (Lipinski definition) is 0. The standard InChI is InChI=1S/C8H7NOS2/c1-10-8-4-7(12-9-8)6-2-3-11-5-6/h2-5H,1H3. The normalized spacial score (nSPS) is 10.1. The first-order valence-electron chi connectivity index (χ1n) is 3.43. The van der Waals surface area contributed by atoms with Crippen LogP contribution in [-0.4, -0.2) is 11.5 Å². The highest BCUT2D eigenvalue weighted by atomic mass is 32.1. The molecule has 4 heteroatoms. The van der Waals surface area contributed by atoms with E-state index in [1.807, 2.05) is 6.07 Å². The molecule has 0 saturated heterocycles. The van der Waals surface area contributed by atoms with Crippen LogP contribution in [0, 0.1) is 0 Å². The number of aromatic nitrogens is 1. The summed E-state index contributed by atoms with van der Waals surface area (Å²) in [5, 5.41) is 4.16. The molecule has 2 aromatic rings. The summed E-state index contributed by atoms with van der Waals surface area (Å²) in [4.78, 5) is 1.16. The van der Waals surface area contributed by atoms with Crippen LogP contribution in [0.25, 0.3) is 10.4 Å². The van der Waals surface area contributed by atoms with Gasteiger partial charge in [0.15, 0.2) is 0 Å². The van der Waals surface area contributed by atoms with Gasteiger partial charge in [0.1, 0.15) is 0 Å². The zero-order chi connectivity index (χ0) is 8.39. The van der Waals surface area contributed by atoms with Crippen LogP contribution >= 0.6 is 22.9 Å². The number of thiophene rings is 1. The van der Waals surface area contributed by atoms with E-state index >= 15 is 0 Å². The van der Waals surface area contributed by atoms with Gasteiger partial charge in [0, 0.05) is 11.6 Å². The summed E-state index contributed by atoms with van der Waals surface area (Å²) in [7, 11) is 1.63. The van der Waals surface area contributed by atoms with Crippen molar-refractivity contribution in [3.63, 3.8) is 0 Å². The van der Waals surface area contributed by atoms with Crippen molar-refractivity contribution in [1.82, 2.24) is 4.37 Å². The van der Waals surface area contributed by atoms with Crippen molar-refractivity contribution in [2.24, 2.45) is 0 Å². The van der Waals surface area contributed by atoms with Crippen molar-refractivity contribution >= 4 is 22.9 Å². The molecule has 0 spiro atoms. The van der Waals surface area contributed by atoms with E-state index in [1.54, 1.807) is 18.4 Å². The third kappa shape index (κ3) is 1.35. The lowest BCUT2D eigenvalue weighted by Gasteiger charge is -1.87. The van der Waals surface area contributed by atoms with Gasteiger partial charge in [0.25, 0.3) is 0 Å². The zero-order valence-corrected chi connectivity index (χ0v) is 8.11. The van der Waals surface area contributed by atoms with Gasteiger partial charge in [-0.2, -0.15) is 15.7 Å². The maximum atomic E-state index is 5.00. The average molecular weight is 197 g/mol. The Morgan fingerprint density at radius 3 is 3.00 bits per heavy atom. The summed E-state index contributed by atoms with van der Waals surface area (Å²) in [5.41, 5.74) is 1.22. The summed E-state index contributed by atoms with van der Waals surface area (Å²) >= 11 is 3.15. The first-order chi connectivity index (χ1) is 5.90. The maximum absolute atomic E-state index is 5.00. The Bertz CT molecular complexity index is 353. The molecule has 0 unspecified atom stereocenters. The minimum Gasteiger partial charge on any atom is -0.480 e. The van der Waals surface area contributed by atoms with Gasteiger partial charge in [-0.25, -0.2) is 0 Å². The highest BCUT2D eigenvalue weighted by molar-refractivity contribution is 7.11. The van der Waals surface area contributed by atoms with Crippen LogP contribution in [0.3, 0.4) is 0 Å². The molecule has 2 rings (SSSR count). The monoisotopic (exact) mass is 197 g/mol. The molecular formula is C8H7NOS2. The van der Waals surface area contributed by atoms with Crippen LogP contribution in [0.4, 0.5) is 0 Å². The molecule has 0 atom stereocenters. The SMILES string of the molecule is COc1cc(-c2ccsc2)sn1. The lowest BCUT2D eigenvalue weighted by atomic mass is 10.3. The Hall–Kier alpha value is -0.870. The lowest BCUT2D eigenvalue weighted by Crippen LogP contribution is -1.78. The maximum Gasteiger partial charge on any atom is 0.225 e. The summed E-state index contributed by atoms with van der Waals surface area (Å²) in [6.07, 6.45) is 0. The number of ether oxygens (including phenoxy) is 1. The van der Waals surface area contributed by atoms with E-state index in [1.165, 1.54) is 17.1 Å². The molecule has 0 aliphatic heterocycles. The Balaban J connectivity index is 2.35. The van der Waals surface area contributed by atoms with Crippen LogP contribution in [0.2, 0.25) is 0 Å². The van der Waals surface area contributed by atoms with E-state index in [4.69, 9.17) is 4.74 Å². The molecule has 62 valence electrons. The molecule has 12 heavy (non-hydrogen) atoms.